The number of nitrogens with one attached hydrogen (secondary N) is 3. The van der Waals surface area contributed by atoms with Crippen LogP contribution in [-0.4, -0.2) is 35.5 Å². The number of rotatable bonds is 4. The van der Waals surface area contributed by atoms with Crippen molar-refractivity contribution in [2.75, 3.05) is 24.2 Å². The van der Waals surface area contributed by atoms with Crippen molar-refractivity contribution in [2.24, 2.45) is 0 Å². The van der Waals surface area contributed by atoms with Gasteiger partial charge in [-0.05, 0) is 19.8 Å². The Morgan fingerprint density at radius 1 is 1.26 bits per heavy atom. The van der Waals surface area contributed by atoms with Gasteiger partial charge in [0.1, 0.15) is 17.5 Å². The molecule has 102 valence electrons. The molecule has 1 aliphatic heterocycles. The van der Waals surface area contributed by atoms with Gasteiger partial charge in [-0.15, -0.1) is 0 Å². The van der Waals surface area contributed by atoms with E-state index in [-0.39, 0.29) is 11.9 Å². The molecule has 1 saturated heterocycles. The molecule has 1 atom stereocenters. The molecule has 0 bridgehead atoms. The summed E-state index contributed by atoms with van der Waals surface area (Å²) >= 11 is 0. The Balaban J connectivity index is 1.85. The number of amides is 1. The van der Waals surface area contributed by atoms with Crippen molar-refractivity contribution in [3.05, 3.63) is 11.4 Å². The predicted octanol–water partition coefficient (Wildman–Crippen LogP) is 1.00. The summed E-state index contributed by atoms with van der Waals surface area (Å²) in [6.45, 7) is 2.66. The number of aromatic nitrogens is 2. The van der Waals surface area contributed by atoms with E-state index < -0.39 is 0 Å². The van der Waals surface area contributed by atoms with E-state index in [2.05, 4.69) is 25.9 Å². The quantitative estimate of drug-likeness (QED) is 0.753. The Labute approximate surface area is 112 Å². The summed E-state index contributed by atoms with van der Waals surface area (Å²) in [6.07, 6.45) is 2.86. The van der Waals surface area contributed by atoms with Gasteiger partial charge in [0.2, 0.25) is 5.91 Å². The second-order valence-electron chi connectivity index (χ2n) is 5.28. The third-order valence-electron chi connectivity index (χ3n) is 3.66. The molecule has 0 spiro atoms. The fraction of sp³-hybridized carbons (Fsp3) is 0.615. The molecule has 1 amide bonds. The lowest BCUT2D eigenvalue weighted by molar-refractivity contribution is -0.119. The minimum absolute atomic E-state index is 0.0977. The van der Waals surface area contributed by atoms with Gasteiger partial charge in [-0.25, -0.2) is 9.97 Å². The summed E-state index contributed by atoms with van der Waals surface area (Å²) < 4.78 is 0. The number of hydrogen-bond donors (Lipinski definition) is 3. The van der Waals surface area contributed by atoms with E-state index in [0.717, 1.165) is 23.0 Å². The van der Waals surface area contributed by atoms with Gasteiger partial charge < -0.3 is 16.0 Å². The van der Waals surface area contributed by atoms with Crippen LogP contribution in [-0.2, 0) is 4.79 Å². The number of carbonyl (C=O) groups is 1. The maximum atomic E-state index is 11.2. The predicted molar refractivity (Wildman–Crippen MR) is 73.3 cm³/mol. The third kappa shape index (κ3) is 2.47. The smallest absolute Gasteiger partial charge is 0.222 e. The van der Waals surface area contributed by atoms with E-state index in [1.165, 1.54) is 12.8 Å². The van der Waals surface area contributed by atoms with Gasteiger partial charge in [-0.3, -0.25) is 4.79 Å². The second-order valence-corrected chi connectivity index (χ2v) is 5.28. The third-order valence-corrected chi connectivity index (χ3v) is 3.66. The molecule has 1 saturated carbocycles. The average molecular weight is 261 g/mol. The van der Waals surface area contributed by atoms with Gasteiger partial charge in [0.05, 0.1) is 6.04 Å². The molecule has 1 unspecified atom stereocenters. The molecule has 3 rings (SSSR count). The number of carbonyl (C=O) groups excluding carboxylic acids is 1. The largest absolute Gasteiger partial charge is 0.373 e. The zero-order valence-electron chi connectivity index (χ0n) is 11.3. The lowest BCUT2D eigenvalue weighted by Crippen LogP contribution is -2.24. The van der Waals surface area contributed by atoms with Crippen LogP contribution in [0.4, 0.5) is 11.6 Å². The Bertz CT molecular complexity index is 512. The van der Waals surface area contributed by atoms with Gasteiger partial charge in [0.25, 0.3) is 0 Å². The van der Waals surface area contributed by atoms with Crippen molar-refractivity contribution in [3.63, 3.8) is 0 Å². The van der Waals surface area contributed by atoms with Gasteiger partial charge in [-0.1, -0.05) is 0 Å². The lowest BCUT2D eigenvalue weighted by Gasteiger charge is -2.16. The molecule has 6 heteroatoms. The lowest BCUT2D eigenvalue weighted by atomic mass is 10.2. The second kappa shape index (κ2) is 4.68. The molecule has 6 nitrogen and oxygen atoms in total. The van der Waals surface area contributed by atoms with Crippen LogP contribution >= 0.6 is 0 Å². The SMILES string of the molecule is CNc1nc(C2CC2)nc(NC2CNC(=O)C2)c1C. The van der Waals surface area contributed by atoms with E-state index >= 15 is 0 Å². The van der Waals surface area contributed by atoms with E-state index in [4.69, 9.17) is 0 Å². The molecule has 0 aromatic carbocycles. The van der Waals surface area contributed by atoms with Gasteiger partial charge in [-0.2, -0.15) is 0 Å². The van der Waals surface area contributed by atoms with Crippen LogP contribution < -0.4 is 16.0 Å². The van der Waals surface area contributed by atoms with Crippen LogP contribution in [0.25, 0.3) is 0 Å². The molecule has 2 aliphatic rings. The van der Waals surface area contributed by atoms with Crippen LogP contribution in [0.1, 0.15) is 36.6 Å². The summed E-state index contributed by atoms with van der Waals surface area (Å²) in [6, 6.07) is 0.123. The molecule has 2 heterocycles. The molecule has 1 aromatic rings. The highest BCUT2D eigenvalue weighted by Gasteiger charge is 2.29. The van der Waals surface area contributed by atoms with Crippen LogP contribution in [0.2, 0.25) is 0 Å². The van der Waals surface area contributed by atoms with Crippen molar-refractivity contribution in [1.82, 2.24) is 15.3 Å². The molecular weight excluding hydrogens is 242 g/mol. The molecule has 0 radical (unpaired) electrons. The zero-order valence-corrected chi connectivity index (χ0v) is 11.3. The van der Waals surface area contributed by atoms with Crippen LogP contribution in [0.5, 0.6) is 0 Å². The Morgan fingerprint density at radius 2 is 2.00 bits per heavy atom. The standard InChI is InChI=1S/C13H19N5O/c1-7-11(14-2)17-13(8-3-4-8)18-12(7)16-9-5-10(19)15-6-9/h8-9H,3-6H2,1-2H3,(H,15,19)(H2,14,16,17,18). The number of nitrogens with zero attached hydrogens (tertiary/aromatic N) is 2. The van der Waals surface area contributed by atoms with Crippen molar-refractivity contribution < 1.29 is 4.79 Å². The first-order valence-corrected chi connectivity index (χ1v) is 6.77. The summed E-state index contributed by atoms with van der Waals surface area (Å²) in [5.74, 6) is 3.24. The summed E-state index contributed by atoms with van der Waals surface area (Å²) in [5.41, 5.74) is 1.01. The number of anilines is 2. The fourth-order valence-electron chi connectivity index (χ4n) is 2.34. The highest BCUT2D eigenvalue weighted by molar-refractivity contribution is 5.79. The fourth-order valence-corrected chi connectivity index (χ4v) is 2.34. The molecule has 1 aromatic heterocycles. The first-order valence-electron chi connectivity index (χ1n) is 6.77. The van der Waals surface area contributed by atoms with E-state index in [1.807, 2.05) is 14.0 Å². The van der Waals surface area contributed by atoms with Crippen LogP contribution in [0.15, 0.2) is 0 Å². The first-order chi connectivity index (χ1) is 9.17. The van der Waals surface area contributed by atoms with E-state index in [0.29, 0.717) is 18.9 Å². The monoisotopic (exact) mass is 261 g/mol. The van der Waals surface area contributed by atoms with E-state index in [1.54, 1.807) is 0 Å². The minimum atomic E-state index is 0.0977. The maximum absolute atomic E-state index is 11.2. The highest BCUT2D eigenvalue weighted by Crippen LogP contribution is 2.39. The van der Waals surface area contributed by atoms with Gasteiger partial charge in [0.15, 0.2) is 0 Å². The van der Waals surface area contributed by atoms with Crippen molar-refractivity contribution in [2.45, 2.75) is 38.1 Å². The minimum Gasteiger partial charge on any atom is -0.373 e. The Morgan fingerprint density at radius 3 is 2.58 bits per heavy atom. The average Bonchev–Trinajstić information content (AvgIpc) is 3.16. The van der Waals surface area contributed by atoms with Crippen LogP contribution in [0, 0.1) is 6.92 Å². The van der Waals surface area contributed by atoms with Crippen molar-refractivity contribution in [3.8, 4) is 0 Å². The first kappa shape index (κ1) is 12.2. The Kier molecular flexibility index (Phi) is 3.00. The van der Waals surface area contributed by atoms with Crippen molar-refractivity contribution in [1.29, 1.82) is 0 Å². The normalized spacial score (nSPS) is 22.2. The maximum Gasteiger partial charge on any atom is 0.222 e. The van der Waals surface area contributed by atoms with Crippen molar-refractivity contribution >= 4 is 17.5 Å². The van der Waals surface area contributed by atoms with Crippen LogP contribution in [0.3, 0.4) is 0 Å². The molecule has 2 fully saturated rings. The Hall–Kier alpha value is -1.85. The van der Waals surface area contributed by atoms with E-state index in [9.17, 15) is 4.79 Å². The molecule has 1 aliphatic carbocycles. The molecule has 19 heavy (non-hydrogen) atoms. The van der Waals surface area contributed by atoms with Gasteiger partial charge >= 0.3 is 0 Å². The molecular formula is C13H19N5O. The molecule has 3 N–H and O–H groups in total. The summed E-state index contributed by atoms with van der Waals surface area (Å²) in [7, 11) is 1.87. The van der Waals surface area contributed by atoms with Gasteiger partial charge in [0, 0.05) is 31.5 Å². The summed E-state index contributed by atoms with van der Waals surface area (Å²) in [5, 5.41) is 9.31. The zero-order chi connectivity index (χ0) is 13.4. The highest BCUT2D eigenvalue weighted by atomic mass is 16.1. The number of hydrogen-bond acceptors (Lipinski definition) is 5. The summed E-state index contributed by atoms with van der Waals surface area (Å²) in [4.78, 5) is 20.4. The topological polar surface area (TPSA) is 78.9 Å².